The number of rotatable bonds is 9. The fourth-order valence-corrected chi connectivity index (χ4v) is 4.28. The SMILES string of the molecule is CN1CCC(c2ccc(Cl)cc2)C(C(=O)NCCCCCNC(=O)c2ccccc2)C1. The number of amides is 2. The van der Waals surface area contributed by atoms with Gasteiger partial charge in [0.15, 0.2) is 0 Å². The maximum atomic E-state index is 12.9. The van der Waals surface area contributed by atoms with Crippen molar-refractivity contribution in [3.05, 3.63) is 70.7 Å². The van der Waals surface area contributed by atoms with Crippen molar-refractivity contribution in [3.63, 3.8) is 0 Å². The van der Waals surface area contributed by atoms with Gasteiger partial charge >= 0.3 is 0 Å². The number of hydrogen-bond acceptors (Lipinski definition) is 3. The second kappa shape index (κ2) is 11.9. The number of nitrogens with one attached hydrogen (secondary N) is 2. The van der Waals surface area contributed by atoms with Crippen molar-refractivity contribution in [2.24, 2.45) is 5.92 Å². The summed E-state index contributed by atoms with van der Waals surface area (Å²) < 4.78 is 0. The zero-order chi connectivity index (χ0) is 22.1. The number of carbonyl (C=O) groups excluding carboxylic acids is 2. The van der Waals surface area contributed by atoms with Crippen molar-refractivity contribution >= 4 is 23.4 Å². The Hall–Kier alpha value is -2.37. The molecule has 2 N–H and O–H groups in total. The van der Waals surface area contributed by atoms with Gasteiger partial charge in [-0.25, -0.2) is 0 Å². The van der Waals surface area contributed by atoms with Crippen LogP contribution >= 0.6 is 11.6 Å². The third kappa shape index (κ3) is 7.08. The highest BCUT2D eigenvalue weighted by Crippen LogP contribution is 2.33. The largest absolute Gasteiger partial charge is 0.356 e. The molecule has 2 aromatic rings. The van der Waals surface area contributed by atoms with Crippen LogP contribution in [0.5, 0.6) is 0 Å². The molecule has 2 amide bonds. The van der Waals surface area contributed by atoms with Crippen LogP contribution in [0, 0.1) is 5.92 Å². The first kappa shape index (κ1) is 23.3. The summed E-state index contributed by atoms with van der Waals surface area (Å²) in [5.41, 5.74) is 1.87. The first-order valence-corrected chi connectivity index (χ1v) is 11.5. The molecule has 1 fully saturated rings. The third-order valence-electron chi connectivity index (χ3n) is 5.93. The molecule has 3 rings (SSSR count). The molecule has 0 spiro atoms. The Labute approximate surface area is 190 Å². The van der Waals surface area contributed by atoms with Gasteiger partial charge < -0.3 is 15.5 Å². The van der Waals surface area contributed by atoms with Crippen molar-refractivity contribution < 1.29 is 9.59 Å². The Kier molecular flexibility index (Phi) is 8.92. The fourth-order valence-electron chi connectivity index (χ4n) is 4.15. The van der Waals surface area contributed by atoms with E-state index in [2.05, 4.69) is 22.6 Å². The molecule has 0 radical (unpaired) electrons. The first-order chi connectivity index (χ1) is 15.0. The van der Waals surface area contributed by atoms with Crippen molar-refractivity contribution in [1.29, 1.82) is 0 Å². The zero-order valence-electron chi connectivity index (χ0n) is 18.1. The lowest BCUT2D eigenvalue weighted by atomic mass is 9.80. The van der Waals surface area contributed by atoms with Crippen LogP contribution in [-0.4, -0.2) is 49.9 Å². The van der Waals surface area contributed by atoms with E-state index in [1.54, 1.807) is 0 Å². The molecule has 1 aliphatic heterocycles. The van der Waals surface area contributed by atoms with Gasteiger partial charge in [-0.3, -0.25) is 9.59 Å². The van der Waals surface area contributed by atoms with E-state index >= 15 is 0 Å². The summed E-state index contributed by atoms with van der Waals surface area (Å²) in [5, 5.41) is 6.79. The summed E-state index contributed by atoms with van der Waals surface area (Å²) in [6.45, 7) is 3.07. The van der Waals surface area contributed by atoms with Crippen LogP contribution < -0.4 is 10.6 Å². The highest BCUT2D eigenvalue weighted by molar-refractivity contribution is 6.30. The van der Waals surface area contributed by atoms with E-state index in [4.69, 9.17) is 11.6 Å². The minimum absolute atomic E-state index is 0.0384. The highest BCUT2D eigenvalue weighted by atomic mass is 35.5. The molecule has 2 atom stereocenters. The third-order valence-corrected chi connectivity index (χ3v) is 6.18. The van der Waals surface area contributed by atoms with Gasteiger partial charge in [-0.15, -0.1) is 0 Å². The lowest BCUT2D eigenvalue weighted by molar-refractivity contribution is -0.127. The first-order valence-electron chi connectivity index (χ1n) is 11.1. The van der Waals surface area contributed by atoms with Gasteiger partial charge in [-0.05, 0) is 75.0 Å². The van der Waals surface area contributed by atoms with E-state index in [0.29, 0.717) is 18.7 Å². The Morgan fingerprint density at radius 3 is 2.35 bits per heavy atom. The summed E-state index contributed by atoms with van der Waals surface area (Å²) in [5.74, 6) is 0.263. The predicted molar refractivity (Wildman–Crippen MR) is 125 cm³/mol. The fraction of sp³-hybridized carbons (Fsp3) is 0.440. The Balaban J connectivity index is 1.37. The average molecular weight is 442 g/mol. The van der Waals surface area contributed by atoms with Crippen LogP contribution in [0.15, 0.2) is 54.6 Å². The van der Waals surface area contributed by atoms with Gasteiger partial charge in [0.05, 0.1) is 5.92 Å². The summed E-state index contributed by atoms with van der Waals surface area (Å²) >= 11 is 6.03. The van der Waals surface area contributed by atoms with E-state index < -0.39 is 0 Å². The molecule has 0 aliphatic carbocycles. The van der Waals surface area contributed by atoms with Crippen LogP contribution in [0.4, 0.5) is 0 Å². The quantitative estimate of drug-likeness (QED) is 0.576. The van der Waals surface area contributed by atoms with Gasteiger partial charge in [-0.2, -0.15) is 0 Å². The Morgan fingerprint density at radius 2 is 1.65 bits per heavy atom. The maximum absolute atomic E-state index is 12.9. The van der Waals surface area contributed by atoms with Crippen LogP contribution in [0.3, 0.4) is 0 Å². The van der Waals surface area contributed by atoms with E-state index in [-0.39, 0.29) is 23.7 Å². The van der Waals surface area contributed by atoms with Gasteiger partial charge in [0, 0.05) is 30.2 Å². The number of carbonyl (C=O) groups is 2. The van der Waals surface area contributed by atoms with Crippen LogP contribution in [0.1, 0.15) is 47.5 Å². The second-order valence-electron chi connectivity index (χ2n) is 8.29. The highest BCUT2D eigenvalue weighted by Gasteiger charge is 2.33. The topological polar surface area (TPSA) is 61.4 Å². The number of nitrogens with zero attached hydrogens (tertiary/aromatic N) is 1. The molecule has 1 saturated heterocycles. The average Bonchev–Trinajstić information content (AvgIpc) is 2.79. The lowest BCUT2D eigenvalue weighted by Crippen LogP contribution is -2.45. The predicted octanol–water partition coefficient (Wildman–Crippen LogP) is 4.09. The van der Waals surface area contributed by atoms with Crippen molar-refractivity contribution in [3.8, 4) is 0 Å². The monoisotopic (exact) mass is 441 g/mol. The number of halogens is 1. The summed E-state index contributed by atoms with van der Waals surface area (Å²) in [7, 11) is 2.07. The molecule has 5 nitrogen and oxygen atoms in total. The minimum atomic E-state index is -0.0508. The van der Waals surface area contributed by atoms with Crippen LogP contribution in [0.25, 0.3) is 0 Å². The molecule has 2 aromatic carbocycles. The Morgan fingerprint density at radius 1 is 0.968 bits per heavy atom. The number of hydrogen-bond donors (Lipinski definition) is 2. The van der Waals surface area contributed by atoms with Crippen molar-refractivity contribution in [2.75, 3.05) is 33.2 Å². The molecule has 6 heteroatoms. The maximum Gasteiger partial charge on any atom is 0.251 e. The standard InChI is InChI=1S/C25H32ClN3O2/c1-29-17-14-22(19-10-12-21(26)13-11-19)23(18-29)25(31)28-16-7-3-6-15-27-24(30)20-8-4-2-5-9-20/h2,4-5,8-13,22-23H,3,6-7,14-18H2,1H3,(H,27,30)(H,28,31). The summed E-state index contributed by atoms with van der Waals surface area (Å²) in [6.07, 6.45) is 3.73. The minimum Gasteiger partial charge on any atom is -0.356 e. The normalized spacial score (nSPS) is 19.0. The molecule has 0 saturated carbocycles. The second-order valence-corrected chi connectivity index (χ2v) is 8.73. The number of likely N-dealkylation sites (tertiary alicyclic amines) is 1. The van der Waals surface area contributed by atoms with E-state index in [9.17, 15) is 9.59 Å². The molecule has 0 aromatic heterocycles. The van der Waals surface area contributed by atoms with Crippen LogP contribution in [-0.2, 0) is 4.79 Å². The van der Waals surface area contributed by atoms with Crippen molar-refractivity contribution in [2.45, 2.75) is 31.6 Å². The number of benzene rings is 2. The van der Waals surface area contributed by atoms with E-state index in [0.717, 1.165) is 43.8 Å². The number of unbranched alkanes of at least 4 members (excludes halogenated alkanes) is 2. The van der Waals surface area contributed by atoms with E-state index in [1.165, 1.54) is 5.56 Å². The molecule has 1 aliphatic rings. The van der Waals surface area contributed by atoms with Crippen LogP contribution in [0.2, 0.25) is 5.02 Å². The molecule has 2 unspecified atom stereocenters. The molecule has 31 heavy (non-hydrogen) atoms. The lowest BCUT2D eigenvalue weighted by Gasteiger charge is -2.36. The van der Waals surface area contributed by atoms with Gasteiger partial charge in [0.1, 0.15) is 0 Å². The molecule has 0 bridgehead atoms. The smallest absolute Gasteiger partial charge is 0.251 e. The zero-order valence-corrected chi connectivity index (χ0v) is 18.9. The Bertz CT molecular complexity index is 842. The molecular weight excluding hydrogens is 410 g/mol. The summed E-state index contributed by atoms with van der Waals surface area (Å²) in [4.78, 5) is 27.1. The van der Waals surface area contributed by atoms with Gasteiger partial charge in [-0.1, -0.05) is 41.9 Å². The molecular formula is C25H32ClN3O2. The van der Waals surface area contributed by atoms with Crippen molar-refractivity contribution in [1.82, 2.24) is 15.5 Å². The van der Waals surface area contributed by atoms with Gasteiger partial charge in [0.25, 0.3) is 5.91 Å². The summed E-state index contributed by atoms with van der Waals surface area (Å²) in [6, 6.07) is 17.1. The molecule has 166 valence electrons. The van der Waals surface area contributed by atoms with Gasteiger partial charge in [0.2, 0.25) is 5.91 Å². The molecule has 1 heterocycles. The number of piperidine rings is 1. The van der Waals surface area contributed by atoms with E-state index in [1.807, 2.05) is 54.6 Å².